The van der Waals surface area contributed by atoms with Gasteiger partial charge < -0.3 is 21.9 Å². The van der Waals surface area contributed by atoms with E-state index in [9.17, 15) is 9.59 Å². The van der Waals surface area contributed by atoms with Crippen LogP contribution in [-0.2, 0) is 17.8 Å². The van der Waals surface area contributed by atoms with Gasteiger partial charge in [-0.2, -0.15) is 0 Å². The van der Waals surface area contributed by atoms with Gasteiger partial charge in [0.05, 0.1) is 6.04 Å². The molecule has 6 N–H and O–H groups in total. The summed E-state index contributed by atoms with van der Waals surface area (Å²) >= 11 is 0. The Morgan fingerprint density at radius 3 is 2.35 bits per heavy atom. The molecule has 2 unspecified atom stereocenters. The number of benzene rings is 2. The Bertz CT molecular complexity index is 789. The molecule has 1 fully saturated rings. The predicted molar refractivity (Wildman–Crippen MR) is 98.7 cm³/mol. The molecule has 0 radical (unpaired) electrons. The minimum Gasteiger partial charge on any atom is -0.480 e. The van der Waals surface area contributed by atoms with Crippen molar-refractivity contribution < 1.29 is 14.7 Å². The Morgan fingerprint density at radius 1 is 1.15 bits per heavy atom. The van der Waals surface area contributed by atoms with E-state index in [2.05, 4.69) is 5.32 Å². The molecular formula is C19H22N4O3. The molecule has 1 aliphatic rings. The highest BCUT2D eigenvalue weighted by Crippen LogP contribution is 2.31. The van der Waals surface area contributed by atoms with Gasteiger partial charge in [0.25, 0.3) is 0 Å². The van der Waals surface area contributed by atoms with Crippen LogP contribution in [0.5, 0.6) is 0 Å². The number of rotatable bonds is 6. The SMILES string of the molecule is NCc1ccc(N2C(=O)NCC2c2ccc(CC(N)C(=O)O)cc2)cc1. The summed E-state index contributed by atoms with van der Waals surface area (Å²) in [6.45, 7) is 0.960. The first-order valence-corrected chi connectivity index (χ1v) is 8.43. The molecule has 0 saturated carbocycles. The van der Waals surface area contributed by atoms with Crippen LogP contribution >= 0.6 is 0 Å². The molecular weight excluding hydrogens is 332 g/mol. The third-order valence-corrected chi connectivity index (χ3v) is 4.56. The molecule has 1 aliphatic heterocycles. The number of carboxylic acid groups (broad SMARTS) is 1. The average Bonchev–Trinajstić information content (AvgIpc) is 3.04. The highest BCUT2D eigenvalue weighted by atomic mass is 16.4. The molecule has 1 saturated heterocycles. The number of amides is 2. The third-order valence-electron chi connectivity index (χ3n) is 4.56. The first-order chi connectivity index (χ1) is 12.5. The molecule has 2 aromatic rings. The van der Waals surface area contributed by atoms with Crippen LogP contribution < -0.4 is 21.7 Å². The summed E-state index contributed by atoms with van der Waals surface area (Å²) in [6.07, 6.45) is 0.266. The zero-order valence-electron chi connectivity index (χ0n) is 14.3. The molecule has 0 bridgehead atoms. The largest absolute Gasteiger partial charge is 0.480 e. The highest BCUT2D eigenvalue weighted by molar-refractivity contribution is 5.95. The lowest BCUT2D eigenvalue weighted by Gasteiger charge is -2.24. The van der Waals surface area contributed by atoms with Crippen molar-refractivity contribution in [1.82, 2.24) is 5.32 Å². The van der Waals surface area contributed by atoms with Gasteiger partial charge >= 0.3 is 12.0 Å². The molecule has 7 heteroatoms. The van der Waals surface area contributed by atoms with E-state index in [1.807, 2.05) is 48.5 Å². The van der Waals surface area contributed by atoms with Gasteiger partial charge in [-0.15, -0.1) is 0 Å². The molecule has 1 heterocycles. The van der Waals surface area contributed by atoms with E-state index >= 15 is 0 Å². The maximum absolute atomic E-state index is 12.3. The van der Waals surface area contributed by atoms with E-state index in [-0.39, 0.29) is 18.5 Å². The lowest BCUT2D eigenvalue weighted by atomic mass is 10.0. The number of nitrogens with zero attached hydrogens (tertiary/aromatic N) is 1. The fourth-order valence-electron chi connectivity index (χ4n) is 3.08. The number of nitrogens with two attached hydrogens (primary N) is 2. The standard InChI is InChI=1S/C19H22N4O3/c20-10-13-3-7-15(8-4-13)23-17(11-22-19(23)26)14-5-1-12(2-6-14)9-16(21)18(24)25/h1-8,16-17H,9-11,20-21H2,(H,22,26)(H,24,25). The van der Waals surface area contributed by atoms with Crippen LogP contribution in [0.25, 0.3) is 0 Å². The zero-order chi connectivity index (χ0) is 18.7. The van der Waals surface area contributed by atoms with E-state index in [0.29, 0.717) is 13.1 Å². The molecule has 0 aliphatic carbocycles. The molecule has 2 amide bonds. The number of hydrogen-bond donors (Lipinski definition) is 4. The molecule has 7 nitrogen and oxygen atoms in total. The second kappa shape index (κ2) is 7.55. The van der Waals surface area contributed by atoms with Gasteiger partial charge in [-0.3, -0.25) is 9.69 Å². The van der Waals surface area contributed by atoms with Gasteiger partial charge in [-0.1, -0.05) is 36.4 Å². The van der Waals surface area contributed by atoms with Crippen molar-refractivity contribution in [1.29, 1.82) is 0 Å². The quantitative estimate of drug-likeness (QED) is 0.624. The monoisotopic (exact) mass is 354 g/mol. The molecule has 2 atom stereocenters. The maximum Gasteiger partial charge on any atom is 0.322 e. The van der Waals surface area contributed by atoms with Crippen molar-refractivity contribution >= 4 is 17.7 Å². The van der Waals surface area contributed by atoms with Gasteiger partial charge in [-0.25, -0.2) is 4.79 Å². The summed E-state index contributed by atoms with van der Waals surface area (Å²) in [4.78, 5) is 24.9. The van der Waals surface area contributed by atoms with Crippen LogP contribution in [0.4, 0.5) is 10.5 Å². The van der Waals surface area contributed by atoms with Crippen molar-refractivity contribution in [3.8, 4) is 0 Å². The first kappa shape index (κ1) is 17.9. The molecule has 0 aromatic heterocycles. The Morgan fingerprint density at radius 2 is 1.77 bits per heavy atom. The Labute approximate surface area is 151 Å². The van der Waals surface area contributed by atoms with Crippen LogP contribution in [0.1, 0.15) is 22.7 Å². The predicted octanol–water partition coefficient (Wildman–Crippen LogP) is 1.37. The van der Waals surface area contributed by atoms with Crippen molar-refractivity contribution in [2.75, 3.05) is 11.4 Å². The zero-order valence-corrected chi connectivity index (χ0v) is 14.3. The van der Waals surface area contributed by atoms with E-state index in [4.69, 9.17) is 16.6 Å². The fraction of sp³-hybridized carbons (Fsp3) is 0.263. The highest BCUT2D eigenvalue weighted by Gasteiger charge is 2.33. The smallest absolute Gasteiger partial charge is 0.322 e. The summed E-state index contributed by atoms with van der Waals surface area (Å²) in [5.41, 5.74) is 14.8. The molecule has 3 rings (SSSR count). The lowest BCUT2D eigenvalue weighted by molar-refractivity contribution is -0.138. The lowest BCUT2D eigenvalue weighted by Crippen LogP contribution is -2.32. The van der Waals surface area contributed by atoms with E-state index < -0.39 is 12.0 Å². The minimum atomic E-state index is -1.02. The number of carbonyl (C=O) groups is 2. The van der Waals surface area contributed by atoms with E-state index in [0.717, 1.165) is 22.4 Å². The van der Waals surface area contributed by atoms with Gasteiger partial charge in [0.1, 0.15) is 6.04 Å². The molecule has 0 spiro atoms. The Balaban J connectivity index is 1.80. The van der Waals surface area contributed by atoms with E-state index in [1.54, 1.807) is 4.90 Å². The second-order valence-electron chi connectivity index (χ2n) is 6.33. The van der Waals surface area contributed by atoms with Crippen molar-refractivity contribution in [3.63, 3.8) is 0 Å². The topological polar surface area (TPSA) is 122 Å². The summed E-state index contributed by atoms with van der Waals surface area (Å²) < 4.78 is 0. The molecule has 136 valence electrons. The average molecular weight is 354 g/mol. The number of anilines is 1. The number of hydrogen-bond acceptors (Lipinski definition) is 4. The molecule has 2 aromatic carbocycles. The Kier molecular flexibility index (Phi) is 5.20. The number of carboxylic acids is 1. The van der Waals surface area contributed by atoms with Crippen molar-refractivity contribution in [3.05, 3.63) is 65.2 Å². The Hall–Kier alpha value is -2.90. The number of nitrogens with one attached hydrogen (secondary N) is 1. The number of urea groups is 1. The summed E-state index contributed by atoms with van der Waals surface area (Å²) in [6, 6.07) is 13.9. The molecule has 26 heavy (non-hydrogen) atoms. The van der Waals surface area contributed by atoms with Crippen molar-refractivity contribution in [2.45, 2.75) is 25.0 Å². The van der Waals surface area contributed by atoms with Gasteiger partial charge in [-0.05, 0) is 35.2 Å². The normalized spacial score (nSPS) is 17.8. The summed E-state index contributed by atoms with van der Waals surface area (Å²) in [5, 5.41) is 11.8. The number of carbonyl (C=O) groups excluding carboxylic acids is 1. The van der Waals surface area contributed by atoms with Crippen LogP contribution in [0.15, 0.2) is 48.5 Å². The maximum atomic E-state index is 12.3. The van der Waals surface area contributed by atoms with Crippen LogP contribution in [0, 0.1) is 0 Å². The fourth-order valence-corrected chi connectivity index (χ4v) is 3.08. The van der Waals surface area contributed by atoms with Gasteiger partial charge in [0, 0.05) is 18.8 Å². The van der Waals surface area contributed by atoms with Gasteiger partial charge in [0.15, 0.2) is 0 Å². The summed E-state index contributed by atoms with van der Waals surface area (Å²) in [5.74, 6) is -1.02. The van der Waals surface area contributed by atoms with Crippen LogP contribution in [0.2, 0.25) is 0 Å². The number of aliphatic carboxylic acids is 1. The van der Waals surface area contributed by atoms with Gasteiger partial charge in [0.2, 0.25) is 0 Å². The second-order valence-corrected chi connectivity index (χ2v) is 6.33. The van der Waals surface area contributed by atoms with E-state index in [1.165, 1.54) is 0 Å². The van der Waals surface area contributed by atoms with Crippen molar-refractivity contribution in [2.24, 2.45) is 11.5 Å². The third kappa shape index (κ3) is 3.68. The van der Waals surface area contributed by atoms with Crippen LogP contribution in [-0.4, -0.2) is 29.7 Å². The van der Waals surface area contributed by atoms with Crippen LogP contribution in [0.3, 0.4) is 0 Å². The summed E-state index contributed by atoms with van der Waals surface area (Å²) in [7, 11) is 0. The minimum absolute atomic E-state index is 0.131. The first-order valence-electron chi connectivity index (χ1n) is 8.43.